The molecule has 0 spiro atoms. The van der Waals surface area contributed by atoms with Crippen molar-refractivity contribution in [3.8, 4) is 0 Å². The first-order chi connectivity index (χ1) is 7.75. The van der Waals surface area contributed by atoms with Gasteiger partial charge in [-0.2, -0.15) is 0 Å². The molecule has 2 rings (SSSR count). The van der Waals surface area contributed by atoms with E-state index in [0.29, 0.717) is 12.2 Å². The summed E-state index contributed by atoms with van der Waals surface area (Å²) in [7, 11) is -1.13. The van der Waals surface area contributed by atoms with E-state index in [2.05, 4.69) is 0 Å². The molecule has 0 aromatic heterocycles. The molecule has 2 saturated carbocycles. The molecular formula is C12H23BO3. The molecule has 2 aliphatic carbocycles. The van der Waals surface area contributed by atoms with Crippen LogP contribution in [0.5, 0.6) is 0 Å². The first-order valence-electron chi connectivity index (χ1n) is 6.77. The maximum absolute atomic E-state index is 9.10. The number of hydrogen-bond donors (Lipinski definition) is 2. The fraction of sp³-hybridized carbons (Fsp3) is 1.00. The quantitative estimate of drug-likeness (QED) is 0.724. The third kappa shape index (κ3) is 3.47. The zero-order valence-corrected chi connectivity index (χ0v) is 9.98. The Labute approximate surface area is 98.3 Å². The highest BCUT2D eigenvalue weighted by molar-refractivity contribution is 6.43. The standard InChI is InChI=1S/C12H23BO3/c14-13(15)10-6-8-12(9-7-10)16-11-4-2-1-3-5-11/h10-12,14-15H,1-9H2. The van der Waals surface area contributed by atoms with Gasteiger partial charge in [-0.15, -0.1) is 0 Å². The van der Waals surface area contributed by atoms with Crippen LogP contribution in [0, 0.1) is 0 Å². The highest BCUT2D eigenvalue weighted by Gasteiger charge is 2.30. The van der Waals surface area contributed by atoms with Crippen molar-refractivity contribution in [2.75, 3.05) is 0 Å². The first-order valence-corrected chi connectivity index (χ1v) is 6.77. The molecule has 0 heterocycles. The second-order valence-corrected chi connectivity index (χ2v) is 5.35. The molecule has 0 radical (unpaired) electrons. The van der Waals surface area contributed by atoms with Gasteiger partial charge in [-0.1, -0.05) is 19.3 Å². The molecule has 3 nitrogen and oxygen atoms in total. The van der Waals surface area contributed by atoms with Crippen LogP contribution < -0.4 is 0 Å². The average Bonchev–Trinajstić information content (AvgIpc) is 2.31. The van der Waals surface area contributed by atoms with E-state index < -0.39 is 7.12 Å². The zero-order valence-electron chi connectivity index (χ0n) is 9.98. The van der Waals surface area contributed by atoms with Gasteiger partial charge in [0.25, 0.3) is 0 Å². The summed E-state index contributed by atoms with van der Waals surface area (Å²) in [6.07, 6.45) is 11.1. The van der Waals surface area contributed by atoms with Crippen molar-refractivity contribution in [3.63, 3.8) is 0 Å². The lowest BCUT2D eigenvalue weighted by atomic mass is 9.65. The summed E-state index contributed by atoms with van der Waals surface area (Å²) >= 11 is 0. The fourth-order valence-electron chi connectivity index (χ4n) is 3.00. The van der Waals surface area contributed by atoms with E-state index in [1.165, 1.54) is 32.1 Å². The van der Waals surface area contributed by atoms with E-state index in [1.807, 2.05) is 0 Å². The van der Waals surface area contributed by atoms with Crippen LogP contribution in [0.15, 0.2) is 0 Å². The summed E-state index contributed by atoms with van der Waals surface area (Å²) in [6.45, 7) is 0. The fourth-order valence-corrected chi connectivity index (χ4v) is 3.00. The lowest BCUT2D eigenvalue weighted by Gasteiger charge is -2.32. The maximum atomic E-state index is 9.10. The Bertz CT molecular complexity index is 196. The van der Waals surface area contributed by atoms with Crippen LogP contribution in [0.2, 0.25) is 5.82 Å². The minimum Gasteiger partial charge on any atom is -0.427 e. The normalized spacial score (nSPS) is 32.6. The van der Waals surface area contributed by atoms with Crippen molar-refractivity contribution in [2.45, 2.75) is 75.8 Å². The molecule has 0 amide bonds. The minimum absolute atomic E-state index is 0.0752. The molecule has 0 atom stereocenters. The molecule has 0 aliphatic heterocycles. The molecule has 0 saturated heterocycles. The molecule has 92 valence electrons. The van der Waals surface area contributed by atoms with E-state index in [0.717, 1.165) is 25.7 Å². The summed E-state index contributed by atoms with van der Waals surface area (Å²) in [5, 5.41) is 18.2. The summed E-state index contributed by atoms with van der Waals surface area (Å²) in [5.74, 6) is 0.0752. The minimum atomic E-state index is -1.13. The summed E-state index contributed by atoms with van der Waals surface area (Å²) in [6, 6.07) is 0. The van der Waals surface area contributed by atoms with Crippen LogP contribution in [-0.2, 0) is 4.74 Å². The van der Waals surface area contributed by atoms with Gasteiger partial charge in [0, 0.05) is 0 Å². The highest BCUT2D eigenvalue weighted by Crippen LogP contribution is 2.33. The number of hydrogen-bond acceptors (Lipinski definition) is 3. The molecule has 0 bridgehead atoms. The van der Waals surface area contributed by atoms with Crippen molar-refractivity contribution in [2.24, 2.45) is 0 Å². The van der Waals surface area contributed by atoms with Gasteiger partial charge in [-0.05, 0) is 44.3 Å². The van der Waals surface area contributed by atoms with Gasteiger partial charge >= 0.3 is 7.12 Å². The molecule has 4 heteroatoms. The van der Waals surface area contributed by atoms with Crippen LogP contribution >= 0.6 is 0 Å². The smallest absolute Gasteiger partial charge is 0.427 e. The Balaban J connectivity index is 1.68. The van der Waals surface area contributed by atoms with Gasteiger partial charge in [0.05, 0.1) is 12.2 Å². The maximum Gasteiger partial charge on any atom is 0.454 e. The molecule has 16 heavy (non-hydrogen) atoms. The van der Waals surface area contributed by atoms with Crippen molar-refractivity contribution < 1.29 is 14.8 Å². The molecule has 2 fully saturated rings. The summed E-state index contributed by atoms with van der Waals surface area (Å²) in [4.78, 5) is 0. The second kappa shape index (κ2) is 6.03. The molecule has 0 unspecified atom stereocenters. The largest absolute Gasteiger partial charge is 0.454 e. The molecular weight excluding hydrogens is 203 g/mol. The van der Waals surface area contributed by atoms with E-state index in [-0.39, 0.29) is 5.82 Å². The molecule has 0 aromatic rings. The third-order valence-electron chi connectivity index (χ3n) is 4.08. The van der Waals surface area contributed by atoms with Crippen molar-refractivity contribution in [1.29, 1.82) is 0 Å². The van der Waals surface area contributed by atoms with Gasteiger partial charge in [0.1, 0.15) is 0 Å². The third-order valence-corrected chi connectivity index (χ3v) is 4.08. The van der Waals surface area contributed by atoms with E-state index in [9.17, 15) is 0 Å². The lowest BCUT2D eigenvalue weighted by Crippen LogP contribution is -2.31. The Hall–Kier alpha value is -0.0551. The predicted molar refractivity (Wildman–Crippen MR) is 64.2 cm³/mol. The van der Waals surface area contributed by atoms with Crippen LogP contribution in [-0.4, -0.2) is 29.4 Å². The van der Waals surface area contributed by atoms with Gasteiger partial charge in [0.2, 0.25) is 0 Å². The van der Waals surface area contributed by atoms with Crippen molar-refractivity contribution in [1.82, 2.24) is 0 Å². The Morgan fingerprint density at radius 2 is 1.31 bits per heavy atom. The number of ether oxygens (including phenoxy) is 1. The van der Waals surface area contributed by atoms with Crippen LogP contribution in [0.4, 0.5) is 0 Å². The second-order valence-electron chi connectivity index (χ2n) is 5.35. The van der Waals surface area contributed by atoms with Crippen LogP contribution in [0.25, 0.3) is 0 Å². The van der Waals surface area contributed by atoms with Crippen molar-refractivity contribution in [3.05, 3.63) is 0 Å². The van der Waals surface area contributed by atoms with Gasteiger partial charge in [0.15, 0.2) is 0 Å². The monoisotopic (exact) mass is 226 g/mol. The van der Waals surface area contributed by atoms with E-state index in [1.54, 1.807) is 0 Å². The highest BCUT2D eigenvalue weighted by atomic mass is 16.5. The Morgan fingerprint density at radius 3 is 1.88 bits per heavy atom. The van der Waals surface area contributed by atoms with Gasteiger partial charge in [-0.25, -0.2) is 0 Å². The van der Waals surface area contributed by atoms with Gasteiger partial charge in [-0.3, -0.25) is 0 Å². The summed E-state index contributed by atoms with van der Waals surface area (Å²) < 4.78 is 6.10. The molecule has 2 N–H and O–H groups in total. The van der Waals surface area contributed by atoms with E-state index >= 15 is 0 Å². The molecule has 0 aromatic carbocycles. The number of rotatable bonds is 3. The average molecular weight is 226 g/mol. The van der Waals surface area contributed by atoms with Crippen LogP contribution in [0.3, 0.4) is 0 Å². The topological polar surface area (TPSA) is 49.7 Å². The summed E-state index contributed by atoms with van der Waals surface area (Å²) in [5.41, 5.74) is 0. The van der Waals surface area contributed by atoms with Crippen molar-refractivity contribution >= 4 is 7.12 Å². The van der Waals surface area contributed by atoms with Gasteiger partial charge < -0.3 is 14.8 Å². The molecule has 2 aliphatic rings. The van der Waals surface area contributed by atoms with Crippen LogP contribution in [0.1, 0.15) is 57.8 Å². The lowest BCUT2D eigenvalue weighted by molar-refractivity contribution is -0.0457. The first kappa shape index (κ1) is 12.4. The zero-order chi connectivity index (χ0) is 11.4. The van der Waals surface area contributed by atoms with E-state index in [4.69, 9.17) is 14.8 Å². The Kier molecular flexibility index (Phi) is 4.68. The predicted octanol–water partition coefficient (Wildman–Crippen LogP) is 2.12. The SMILES string of the molecule is OB(O)C1CCC(OC2CCCCC2)CC1. The Morgan fingerprint density at radius 1 is 0.750 bits per heavy atom.